The van der Waals surface area contributed by atoms with Crippen LogP contribution in [0.25, 0.3) is 0 Å². The quantitative estimate of drug-likeness (QED) is 0.720. The lowest BCUT2D eigenvalue weighted by molar-refractivity contribution is -0.120. The number of nitrogens with one attached hydrogen (secondary N) is 2. The van der Waals surface area contributed by atoms with Crippen LogP contribution in [-0.4, -0.2) is 37.8 Å². The van der Waals surface area contributed by atoms with Crippen molar-refractivity contribution in [1.82, 2.24) is 5.32 Å². The number of carbonyl (C=O) groups is 1. The molecule has 2 saturated heterocycles. The molecule has 1 aromatic rings. The van der Waals surface area contributed by atoms with E-state index >= 15 is 0 Å². The first kappa shape index (κ1) is 14.3. The molecule has 0 aromatic heterocycles. The van der Waals surface area contributed by atoms with Gasteiger partial charge in [-0.2, -0.15) is 0 Å². The Morgan fingerprint density at radius 1 is 1.38 bits per heavy atom. The summed E-state index contributed by atoms with van der Waals surface area (Å²) in [5.41, 5.74) is 0.144. The highest BCUT2D eigenvalue weighted by Gasteiger charge is 2.42. The first-order valence-corrected chi connectivity index (χ1v) is 8.84. The fourth-order valence-corrected chi connectivity index (χ4v) is 3.83. The molecule has 114 valence electrons. The second-order valence-corrected chi connectivity index (χ2v) is 7.85. The van der Waals surface area contributed by atoms with Crippen molar-refractivity contribution in [3.63, 3.8) is 0 Å². The van der Waals surface area contributed by atoms with Crippen LogP contribution in [0.2, 0.25) is 0 Å². The number of carbonyl (C=O) groups excluding carboxylic acids is 1. The van der Waals surface area contributed by atoms with Crippen molar-refractivity contribution >= 4 is 21.4 Å². The molecule has 3 rings (SSSR count). The second kappa shape index (κ2) is 4.99. The normalized spacial score (nSPS) is 27.8. The Hall–Kier alpha value is -1.60. The molecule has 3 unspecified atom stereocenters. The van der Waals surface area contributed by atoms with Crippen LogP contribution < -0.4 is 10.6 Å². The zero-order valence-electron chi connectivity index (χ0n) is 11.7. The van der Waals surface area contributed by atoms with E-state index in [9.17, 15) is 18.3 Å². The molecular weight excluding hydrogens is 292 g/mol. The van der Waals surface area contributed by atoms with Gasteiger partial charge in [0.1, 0.15) is 5.75 Å². The first-order chi connectivity index (χ1) is 9.84. The van der Waals surface area contributed by atoms with Crippen molar-refractivity contribution in [2.75, 3.05) is 11.6 Å². The number of anilines is 1. The van der Waals surface area contributed by atoms with Gasteiger partial charge in [0.25, 0.3) is 0 Å². The van der Waals surface area contributed by atoms with E-state index in [1.165, 1.54) is 18.2 Å². The van der Waals surface area contributed by atoms with Crippen molar-refractivity contribution < 1.29 is 18.3 Å². The molecule has 3 atom stereocenters. The number of fused-ring (bicyclic) bond motifs is 2. The lowest BCUT2D eigenvalue weighted by Gasteiger charge is -2.19. The van der Waals surface area contributed by atoms with Gasteiger partial charge in [0.05, 0.1) is 16.5 Å². The summed E-state index contributed by atoms with van der Waals surface area (Å²) in [5.74, 6) is -0.424. The summed E-state index contributed by atoms with van der Waals surface area (Å²) in [6, 6.07) is 4.49. The van der Waals surface area contributed by atoms with Crippen LogP contribution in [-0.2, 0) is 14.6 Å². The van der Waals surface area contributed by atoms with Crippen LogP contribution in [0.15, 0.2) is 23.1 Å². The number of phenols is 1. The number of rotatable bonds is 3. The molecular formula is C14H18N2O4S. The molecule has 2 aliphatic rings. The number of hydrogen-bond donors (Lipinski definition) is 3. The minimum Gasteiger partial charge on any atom is -0.506 e. The number of benzene rings is 1. The maximum Gasteiger partial charge on any atom is 0.229 e. The molecule has 2 heterocycles. The molecule has 6 nitrogen and oxygen atoms in total. The van der Waals surface area contributed by atoms with Gasteiger partial charge in [-0.15, -0.1) is 0 Å². The highest BCUT2D eigenvalue weighted by atomic mass is 32.2. The Balaban J connectivity index is 1.80. The molecule has 21 heavy (non-hydrogen) atoms. The van der Waals surface area contributed by atoms with E-state index in [2.05, 4.69) is 10.6 Å². The summed E-state index contributed by atoms with van der Waals surface area (Å²) in [5, 5.41) is 15.8. The highest BCUT2D eigenvalue weighted by Crippen LogP contribution is 2.35. The van der Waals surface area contributed by atoms with E-state index in [4.69, 9.17) is 0 Å². The molecule has 7 heteroatoms. The second-order valence-electron chi connectivity index (χ2n) is 5.83. The van der Waals surface area contributed by atoms with Crippen LogP contribution in [0.3, 0.4) is 0 Å². The minimum atomic E-state index is -3.38. The third kappa shape index (κ3) is 2.75. The maximum atomic E-state index is 12.3. The number of amides is 1. The summed E-state index contributed by atoms with van der Waals surface area (Å²) in [6.45, 7) is 0. The summed E-state index contributed by atoms with van der Waals surface area (Å²) in [7, 11) is -3.38. The van der Waals surface area contributed by atoms with E-state index in [1.807, 2.05) is 0 Å². The Labute approximate surface area is 123 Å². The molecule has 2 aliphatic heterocycles. The van der Waals surface area contributed by atoms with Gasteiger partial charge < -0.3 is 15.7 Å². The fourth-order valence-electron chi connectivity index (χ4n) is 3.19. The number of sulfone groups is 1. The van der Waals surface area contributed by atoms with Crippen molar-refractivity contribution in [3.8, 4) is 5.75 Å². The average molecular weight is 310 g/mol. The van der Waals surface area contributed by atoms with Crippen LogP contribution in [0.4, 0.5) is 5.69 Å². The molecule has 2 bridgehead atoms. The smallest absolute Gasteiger partial charge is 0.229 e. The first-order valence-electron chi connectivity index (χ1n) is 6.94. The summed E-state index contributed by atoms with van der Waals surface area (Å²) >= 11 is 0. The Bertz CT molecular complexity index is 686. The third-order valence-electron chi connectivity index (χ3n) is 4.29. The van der Waals surface area contributed by atoms with Gasteiger partial charge in [-0.1, -0.05) is 0 Å². The van der Waals surface area contributed by atoms with Crippen LogP contribution in [0.1, 0.15) is 19.3 Å². The standard InChI is InChI=1S/C14H18N2O4S/c1-21(19,20)9-3-5-13(17)12(7-9)16-14(18)10-6-8-2-4-11(10)15-8/h3,5,7-8,10-11,15,17H,2,4,6H2,1H3,(H,16,18). The fraction of sp³-hybridized carbons (Fsp3) is 0.500. The number of phenolic OH excluding ortho intramolecular Hbond substituents is 1. The van der Waals surface area contributed by atoms with Crippen molar-refractivity contribution in [1.29, 1.82) is 0 Å². The van der Waals surface area contributed by atoms with Gasteiger partial charge in [-0.25, -0.2) is 8.42 Å². The third-order valence-corrected chi connectivity index (χ3v) is 5.40. The lowest BCUT2D eigenvalue weighted by atomic mass is 9.88. The van der Waals surface area contributed by atoms with Gasteiger partial charge in [-0.05, 0) is 37.5 Å². The van der Waals surface area contributed by atoms with Gasteiger partial charge in [0.15, 0.2) is 9.84 Å². The Morgan fingerprint density at radius 2 is 2.14 bits per heavy atom. The van der Waals surface area contributed by atoms with Gasteiger partial charge >= 0.3 is 0 Å². The van der Waals surface area contributed by atoms with Gasteiger partial charge in [0, 0.05) is 18.3 Å². The molecule has 0 spiro atoms. The SMILES string of the molecule is CS(=O)(=O)c1ccc(O)c(NC(=O)C2CC3CCC2N3)c1. The average Bonchev–Trinajstić information content (AvgIpc) is 3.02. The topological polar surface area (TPSA) is 95.5 Å². The zero-order chi connectivity index (χ0) is 15.2. The molecule has 1 amide bonds. The van der Waals surface area contributed by atoms with E-state index < -0.39 is 9.84 Å². The largest absolute Gasteiger partial charge is 0.506 e. The summed E-state index contributed by atoms with van der Waals surface area (Å²) < 4.78 is 23.1. The minimum absolute atomic E-state index is 0.0710. The highest BCUT2D eigenvalue weighted by molar-refractivity contribution is 7.90. The Kier molecular flexibility index (Phi) is 3.41. The lowest BCUT2D eigenvalue weighted by Crippen LogP contribution is -2.32. The molecule has 2 fully saturated rings. The monoisotopic (exact) mass is 310 g/mol. The van der Waals surface area contributed by atoms with Gasteiger partial charge in [-0.3, -0.25) is 4.79 Å². The van der Waals surface area contributed by atoms with Crippen LogP contribution in [0, 0.1) is 5.92 Å². The zero-order valence-corrected chi connectivity index (χ0v) is 12.5. The predicted molar refractivity (Wildman–Crippen MR) is 77.9 cm³/mol. The number of hydrogen-bond acceptors (Lipinski definition) is 5. The van der Waals surface area contributed by atoms with Crippen LogP contribution >= 0.6 is 0 Å². The predicted octanol–water partition coefficient (Wildman–Crippen LogP) is 0.875. The van der Waals surface area contributed by atoms with E-state index in [0.717, 1.165) is 25.5 Å². The van der Waals surface area contributed by atoms with Crippen molar-refractivity contribution in [2.45, 2.75) is 36.2 Å². The van der Waals surface area contributed by atoms with E-state index in [-0.39, 0.29) is 34.2 Å². The summed E-state index contributed by atoms with van der Waals surface area (Å²) in [6.07, 6.45) is 3.97. The van der Waals surface area contributed by atoms with Crippen LogP contribution in [0.5, 0.6) is 5.75 Å². The molecule has 1 aromatic carbocycles. The molecule has 0 aliphatic carbocycles. The maximum absolute atomic E-state index is 12.3. The van der Waals surface area contributed by atoms with Crippen molar-refractivity contribution in [3.05, 3.63) is 18.2 Å². The molecule has 0 radical (unpaired) electrons. The number of aromatic hydroxyl groups is 1. The van der Waals surface area contributed by atoms with E-state index in [0.29, 0.717) is 6.04 Å². The molecule has 3 N–H and O–H groups in total. The van der Waals surface area contributed by atoms with E-state index in [1.54, 1.807) is 0 Å². The van der Waals surface area contributed by atoms with Gasteiger partial charge in [0.2, 0.25) is 5.91 Å². The molecule has 0 saturated carbocycles. The summed E-state index contributed by atoms with van der Waals surface area (Å²) in [4.78, 5) is 12.4. The Morgan fingerprint density at radius 3 is 2.71 bits per heavy atom. The van der Waals surface area contributed by atoms with Crippen molar-refractivity contribution in [2.24, 2.45) is 5.92 Å².